The number of amides is 1. The fourth-order valence-corrected chi connectivity index (χ4v) is 4.83. The number of carbonyl (C=O) groups excluding carboxylic acids is 1. The number of ether oxygens (including phenoxy) is 2. The molecule has 2 aromatic carbocycles. The summed E-state index contributed by atoms with van der Waals surface area (Å²) in [4.78, 5) is 19.9. The van der Waals surface area contributed by atoms with Crippen LogP contribution in [0.15, 0.2) is 53.7 Å². The number of thioether (sulfide) groups is 1. The molecule has 1 amide bonds. The fraction of sp³-hybridized carbons (Fsp3) is 0.417. The highest BCUT2D eigenvalue weighted by molar-refractivity contribution is 7.99. The van der Waals surface area contributed by atoms with Crippen LogP contribution in [-0.4, -0.2) is 52.4 Å². The highest BCUT2D eigenvalue weighted by Gasteiger charge is 2.24. The number of para-hydroxylation sites is 2. The molecule has 7 heteroatoms. The summed E-state index contributed by atoms with van der Waals surface area (Å²) in [6.45, 7) is 3.86. The normalized spacial score (nSPS) is 16.5. The summed E-state index contributed by atoms with van der Waals surface area (Å²) in [7, 11) is 1.64. The highest BCUT2D eigenvalue weighted by atomic mass is 32.2. The minimum absolute atomic E-state index is 0.171. The number of aromatic nitrogens is 2. The molecular weight excluding hydrogens is 410 g/mol. The molecule has 164 valence electrons. The molecule has 1 aliphatic rings. The zero-order valence-corrected chi connectivity index (χ0v) is 18.9. The summed E-state index contributed by atoms with van der Waals surface area (Å²) in [5, 5.41) is 0.855. The minimum Gasteiger partial charge on any atom is -0.497 e. The Labute approximate surface area is 187 Å². The van der Waals surface area contributed by atoms with Crippen molar-refractivity contribution in [2.24, 2.45) is 0 Å². The molecule has 1 fully saturated rings. The summed E-state index contributed by atoms with van der Waals surface area (Å²) in [6, 6.07) is 15.9. The summed E-state index contributed by atoms with van der Waals surface area (Å²) in [5.74, 6) is 2.46. The van der Waals surface area contributed by atoms with Crippen molar-refractivity contribution < 1.29 is 14.3 Å². The first kappa shape index (κ1) is 21.6. The lowest BCUT2D eigenvalue weighted by atomic mass is 10.0. The molecule has 6 nitrogen and oxygen atoms in total. The Kier molecular flexibility index (Phi) is 7.02. The van der Waals surface area contributed by atoms with Gasteiger partial charge in [-0.3, -0.25) is 4.79 Å². The molecule has 0 radical (unpaired) electrons. The van der Waals surface area contributed by atoms with Crippen molar-refractivity contribution in [3.63, 3.8) is 0 Å². The molecular formula is C24H29N3O3S. The Balaban J connectivity index is 1.44. The zero-order valence-electron chi connectivity index (χ0n) is 18.1. The van der Waals surface area contributed by atoms with Crippen LogP contribution in [0.25, 0.3) is 11.0 Å². The third-order valence-corrected chi connectivity index (χ3v) is 6.60. The van der Waals surface area contributed by atoms with E-state index in [-0.39, 0.29) is 5.91 Å². The number of rotatable bonds is 8. The molecule has 31 heavy (non-hydrogen) atoms. The van der Waals surface area contributed by atoms with Crippen LogP contribution in [0, 0.1) is 0 Å². The molecule has 1 aromatic heterocycles. The Morgan fingerprint density at radius 1 is 1.16 bits per heavy atom. The smallest absolute Gasteiger partial charge is 0.242 e. The molecule has 1 saturated heterocycles. The van der Waals surface area contributed by atoms with Crippen molar-refractivity contribution in [1.29, 1.82) is 0 Å². The van der Waals surface area contributed by atoms with Crippen molar-refractivity contribution in [3.8, 4) is 11.5 Å². The second-order valence-corrected chi connectivity index (χ2v) is 8.84. The van der Waals surface area contributed by atoms with Gasteiger partial charge >= 0.3 is 0 Å². The van der Waals surface area contributed by atoms with Gasteiger partial charge in [0.1, 0.15) is 18.0 Å². The SMILES string of the molecule is COc1cccc(OCCSc2nc3ccccc3n2CC(=O)N2CCCC[C@@H]2C)c1. The topological polar surface area (TPSA) is 56.6 Å². The van der Waals surface area contributed by atoms with Crippen LogP contribution in [0.3, 0.4) is 0 Å². The zero-order chi connectivity index (χ0) is 21.6. The van der Waals surface area contributed by atoms with E-state index < -0.39 is 0 Å². The molecule has 0 N–H and O–H groups in total. The molecule has 3 aromatic rings. The van der Waals surface area contributed by atoms with E-state index in [0.717, 1.165) is 52.8 Å². The number of likely N-dealkylation sites (tertiary alicyclic amines) is 1. The average molecular weight is 440 g/mol. The lowest BCUT2D eigenvalue weighted by Crippen LogP contribution is -2.43. The summed E-state index contributed by atoms with van der Waals surface area (Å²) in [6.07, 6.45) is 3.37. The first-order valence-corrected chi connectivity index (χ1v) is 11.8. The molecule has 1 aliphatic heterocycles. The molecule has 2 heterocycles. The predicted molar refractivity (Wildman–Crippen MR) is 124 cm³/mol. The number of piperidine rings is 1. The van der Waals surface area contributed by atoms with Gasteiger partial charge in [0, 0.05) is 24.4 Å². The van der Waals surface area contributed by atoms with Gasteiger partial charge < -0.3 is 18.9 Å². The Morgan fingerprint density at radius 2 is 2.00 bits per heavy atom. The molecule has 0 unspecified atom stereocenters. The van der Waals surface area contributed by atoms with Crippen LogP contribution < -0.4 is 9.47 Å². The standard InChI is InChI=1S/C24H29N3O3S/c1-18-8-5-6-13-26(18)23(28)17-27-22-12-4-3-11-21(22)25-24(27)31-15-14-30-20-10-7-9-19(16-20)29-2/h3-4,7,9-12,16,18H,5-6,8,13-15,17H2,1-2H3/t18-/m0/s1. The van der Waals surface area contributed by atoms with Gasteiger partial charge in [0.2, 0.25) is 5.91 Å². The predicted octanol–water partition coefficient (Wildman–Crippen LogP) is 4.62. The third-order valence-electron chi connectivity index (χ3n) is 5.66. The number of fused-ring (bicyclic) bond motifs is 1. The molecule has 0 spiro atoms. The number of hydrogen-bond donors (Lipinski definition) is 0. The summed E-state index contributed by atoms with van der Waals surface area (Å²) >= 11 is 1.62. The minimum atomic E-state index is 0.171. The Bertz CT molecular complexity index is 1040. The quantitative estimate of drug-likeness (QED) is 0.379. The van der Waals surface area contributed by atoms with Crippen LogP contribution in [0.4, 0.5) is 0 Å². The molecule has 4 rings (SSSR count). The lowest BCUT2D eigenvalue weighted by molar-refractivity contribution is -0.135. The van der Waals surface area contributed by atoms with Gasteiger partial charge in [0.05, 0.1) is 24.8 Å². The number of carbonyl (C=O) groups is 1. The maximum absolute atomic E-state index is 13.1. The monoisotopic (exact) mass is 439 g/mol. The Hall–Kier alpha value is -2.67. The lowest BCUT2D eigenvalue weighted by Gasteiger charge is -2.33. The second-order valence-electron chi connectivity index (χ2n) is 7.78. The van der Waals surface area contributed by atoms with Crippen molar-refractivity contribution >= 4 is 28.7 Å². The maximum Gasteiger partial charge on any atom is 0.242 e. The first-order valence-electron chi connectivity index (χ1n) is 10.8. The van der Waals surface area contributed by atoms with Gasteiger partial charge in [-0.15, -0.1) is 0 Å². The van der Waals surface area contributed by atoms with Gasteiger partial charge in [-0.1, -0.05) is 30.0 Å². The van der Waals surface area contributed by atoms with Crippen LogP contribution in [0.2, 0.25) is 0 Å². The molecule has 1 atom stereocenters. The van der Waals surface area contributed by atoms with Crippen molar-refractivity contribution in [1.82, 2.24) is 14.5 Å². The van der Waals surface area contributed by atoms with E-state index in [1.807, 2.05) is 53.4 Å². The van der Waals surface area contributed by atoms with E-state index in [9.17, 15) is 4.79 Å². The summed E-state index contributed by atoms with van der Waals surface area (Å²) < 4.78 is 13.2. The van der Waals surface area contributed by atoms with E-state index in [0.29, 0.717) is 19.2 Å². The van der Waals surface area contributed by atoms with Gasteiger partial charge in [-0.05, 0) is 50.5 Å². The van der Waals surface area contributed by atoms with Gasteiger partial charge in [-0.2, -0.15) is 0 Å². The van der Waals surface area contributed by atoms with E-state index >= 15 is 0 Å². The van der Waals surface area contributed by atoms with E-state index in [4.69, 9.17) is 14.5 Å². The first-order chi connectivity index (χ1) is 15.2. The number of imidazole rings is 1. The van der Waals surface area contributed by atoms with Gasteiger partial charge in [-0.25, -0.2) is 4.98 Å². The van der Waals surface area contributed by atoms with E-state index in [2.05, 4.69) is 11.5 Å². The third kappa shape index (κ3) is 5.15. The maximum atomic E-state index is 13.1. The second kappa shape index (κ2) is 10.1. The average Bonchev–Trinajstić information content (AvgIpc) is 3.14. The Morgan fingerprint density at radius 3 is 2.84 bits per heavy atom. The van der Waals surface area contributed by atoms with Crippen molar-refractivity contribution in [2.75, 3.05) is 26.0 Å². The summed E-state index contributed by atoms with van der Waals surface area (Å²) in [5.41, 5.74) is 1.91. The van der Waals surface area contributed by atoms with Gasteiger partial charge in [0.15, 0.2) is 5.16 Å². The van der Waals surface area contributed by atoms with E-state index in [1.165, 1.54) is 6.42 Å². The van der Waals surface area contributed by atoms with Gasteiger partial charge in [0.25, 0.3) is 0 Å². The number of methoxy groups -OCH3 is 1. The number of nitrogens with zero attached hydrogens (tertiary/aromatic N) is 3. The number of hydrogen-bond acceptors (Lipinski definition) is 5. The van der Waals surface area contributed by atoms with E-state index in [1.54, 1.807) is 18.9 Å². The van der Waals surface area contributed by atoms with Crippen LogP contribution in [0.5, 0.6) is 11.5 Å². The van der Waals surface area contributed by atoms with Crippen molar-refractivity contribution in [3.05, 3.63) is 48.5 Å². The highest BCUT2D eigenvalue weighted by Crippen LogP contribution is 2.26. The fourth-order valence-electron chi connectivity index (χ4n) is 3.99. The molecule has 0 bridgehead atoms. The van der Waals surface area contributed by atoms with Crippen LogP contribution in [0.1, 0.15) is 26.2 Å². The largest absolute Gasteiger partial charge is 0.497 e. The van der Waals surface area contributed by atoms with Crippen molar-refractivity contribution in [2.45, 2.75) is 43.9 Å². The molecule has 0 saturated carbocycles. The number of benzene rings is 2. The van der Waals surface area contributed by atoms with Crippen LogP contribution in [-0.2, 0) is 11.3 Å². The van der Waals surface area contributed by atoms with Crippen LogP contribution >= 0.6 is 11.8 Å². The molecule has 0 aliphatic carbocycles.